The fourth-order valence-electron chi connectivity index (χ4n) is 3.44. The van der Waals surface area contributed by atoms with E-state index in [2.05, 4.69) is 6.58 Å². The van der Waals surface area contributed by atoms with Gasteiger partial charge < -0.3 is 4.74 Å². The van der Waals surface area contributed by atoms with Gasteiger partial charge in [0.15, 0.2) is 5.16 Å². The van der Waals surface area contributed by atoms with Crippen molar-refractivity contribution in [2.45, 2.75) is 25.0 Å². The maximum Gasteiger partial charge on any atom is 0.316 e. The third-order valence-electron chi connectivity index (χ3n) is 5.15. The smallest absolute Gasteiger partial charge is 0.316 e. The number of aryl methyl sites for hydroxylation is 1. The Morgan fingerprint density at radius 1 is 1.18 bits per heavy atom. The molecular formula is C26H24N2O3S2. The zero-order valence-corrected chi connectivity index (χ0v) is 20.0. The van der Waals surface area contributed by atoms with Crippen molar-refractivity contribution in [1.82, 2.24) is 9.55 Å². The first-order valence-electron chi connectivity index (χ1n) is 10.6. The van der Waals surface area contributed by atoms with Crippen LogP contribution in [0.3, 0.4) is 0 Å². The second kappa shape index (κ2) is 10.6. The van der Waals surface area contributed by atoms with E-state index in [0.29, 0.717) is 34.9 Å². The highest BCUT2D eigenvalue weighted by Gasteiger charge is 2.18. The summed E-state index contributed by atoms with van der Waals surface area (Å²) in [6, 6.07) is 18.0. The maximum absolute atomic E-state index is 13.4. The Kier molecular flexibility index (Phi) is 7.42. The highest BCUT2D eigenvalue weighted by molar-refractivity contribution is 7.99. The van der Waals surface area contributed by atoms with Gasteiger partial charge in [0.05, 0.1) is 17.7 Å². The van der Waals surface area contributed by atoms with Crippen molar-refractivity contribution in [2.75, 3.05) is 12.4 Å². The zero-order valence-electron chi connectivity index (χ0n) is 18.3. The van der Waals surface area contributed by atoms with Crippen LogP contribution in [0.4, 0.5) is 0 Å². The van der Waals surface area contributed by atoms with E-state index in [4.69, 9.17) is 9.72 Å². The van der Waals surface area contributed by atoms with E-state index in [9.17, 15) is 9.59 Å². The van der Waals surface area contributed by atoms with Crippen LogP contribution in [-0.2, 0) is 22.5 Å². The van der Waals surface area contributed by atoms with Crippen LogP contribution < -0.4 is 5.56 Å². The maximum atomic E-state index is 13.4. The van der Waals surface area contributed by atoms with Crippen LogP contribution >= 0.6 is 23.1 Å². The fourth-order valence-corrected chi connectivity index (χ4v) is 5.24. The molecule has 0 N–H and O–H groups in total. The molecule has 0 saturated carbocycles. The van der Waals surface area contributed by atoms with Gasteiger partial charge in [0.2, 0.25) is 0 Å². The molecule has 0 radical (unpaired) electrons. The molecule has 2 heterocycles. The number of rotatable bonds is 9. The number of aromatic nitrogens is 2. The molecule has 0 atom stereocenters. The Labute approximate surface area is 200 Å². The van der Waals surface area contributed by atoms with Gasteiger partial charge >= 0.3 is 5.97 Å². The number of esters is 1. The Balaban J connectivity index is 1.52. The predicted molar refractivity (Wildman–Crippen MR) is 136 cm³/mol. The van der Waals surface area contributed by atoms with Crippen LogP contribution in [0.1, 0.15) is 11.1 Å². The SMILES string of the molecule is C=CCn1c(SCC(=O)OCCc2ccccc2)nc2scc(-c3ccc(C)cc3)c2c1=O. The van der Waals surface area contributed by atoms with Crippen LogP contribution in [0, 0.1) is 6.92 Å². The van der Waals surface area contributed by atoms with Crippen molar-refractivity contribution in [3.8, 4) is 11.1 Å². The van der Waals surface area contributed by atoms with Crippen LogP contribution in [0.25, 0.3) is 21.3 Å². The summed E-state index contributed by atoms with van der Waals surface area (Å²) in [5.41, 5.74) is 4.01. The summed E-state index contributed by atoms with van der Waals surface area (Å²) in [5, 5.41) is 3.05. The van der Waals surface area contributed by atoms with E-state index >= 15 is 0 Å². The van der Waals surface area contributed by atoms with Gasteiger partial charge in [-0.15, -0.1) is 17.9 Å². The summed E-state index contributed by atoms with van der Waals surface area (Å²) in [6.07, 6.45) is 2.33. The van der Waals surface area contributed by atoms with Gasteiger partial charge in [0.1, 0.15) is 4.83 Å². The van der Waals surface area contributed by atoms with Crippen LogP contribution in [0.15, 0.2) is 82.6 Å². The molecule has 0 bridgehead atoms. The lowest BCUT2D eigenvalue weighted by Gasteiger charge is -2.11. The van der Waals surface area contributed by atoms with Crippen molar-refractivity contribution < 1.29 is 9.53 Å². The van der Waals surface area contributed by atoms with Crippen molar-refractivity contribution in [3.63, 3.8) is 0 Å². The molecule has 0 amide bonds. The standard InChI is InChI=1S/C26H24N2O3S2/c1-3-14-28-25(30)23-21(20-11-9-18(2)10-12-20)16-32-24(23)27-26(28)33-17-22(29)31-15-13-19-7-5-4-6-8-19/h3-12,16H,1,13-15,17H2,2H3. The first-order chi connectivity index (χ1) is 16.1. The van der Waals surface area contributed by atoms with Crippen molar-refractivity contribution in [2.24, 2.45) is 0 Å². The summed E-state index contributed by atoms with van der Waals surface area (Å²) in [6.45, 7) is 6.44. The Bertz CT molecular complexity index is 1330. The lowest BCUT2D eigenvalue weighted by molar-refractivity contribution is -0.140. The second-order valence-corrected chi connectivity index (χ2v) is 9.34. The molecule has 168 valence electrons. The average Bonchev–Trinajstić information content (AvgIpc) is 3.25. The van der Waals surface area contributed by atoms with Gasteiger partial charge in [-0.2, -0.15) is 0 Å². The summed E-state index contributed by atoms with van der Waals surface area (Å²) in [5.74, 6) is -0.248. The van der Waals surface area contributed by atoms with E-state index in [0.717, 1.165) is 22.3 Å². The van der Waals surface area contributed by atoms with Crippen LogP contribution in [0.2, 0.25) is 0 Å². The number of fused-ring (bicyclic) bond motifs is 1. The number of thiophene rings is 1. The normalized spacial score (nSPS) is 10.9. The van der Waals surface area contributed by atoms with Gasteiger partial charge in [-0.05, 0) is 18.1 Å². The highest BCUT2D eigenvalue weighted by Crippen LogP contribution is 2.32. The van der Waals surface area contributed by atoms with Gasteiger partial charge in [0, 0.05) is 23.9 Å². The van der Waals surface area contributed by atoms with Gasteiger partial charge in [-0.25, -0.2) is 4.98 Å². The number of ether oxygens (including phenoxy) is 1. The molecule has 0 aliphatic carbocycles. The lowest BCUT2D eigenvalue weighted by atomic mass is 10.1. The van der Waals surface area contributed by atoms with Crippen molar-refractivity contribution in [3.05, 3.63) is 94.1 Å². The van der Waals surface area contributed by atoms with E-state index in [1.54, 1.807) is 10.6 Å². The third-order valence-corrected chi connectivity index (χ3v) is 6.97. The molecule has 2 aromatic carbocycles. The molecule has 0 aliphatic heterocycles. The number of thioether (sulfide) groups is 1. The lowest BCUT2D eigenvalue weighted by Crippen LogP contribution is -2.23. The van der Waals surface area contributed by atoms with E-state index < -0.39 is 0 Å². The quantitative estimate of drug-likeness (QED) is 0.138. The number of allylic oxidation sites excluding steroid dienone is 1. The van der Waals surface area contributed by atoms with Crippen molar-refractivity contribution in [1.29, 1.82) is 0 Å². The molecule has 0 aliphatic rings. The number of hydrogen-bond donors (Lipinski definition) is 0. The topological polar surface area (TPSA) is 61.2 Å². The largest absolute Gasteiger partial charge is 0.465 e. The van der Waals surface area contributed by atoms with Gasteiger partial charge in [0.25, 0.3) is 5.56 Å². The first-order valence-corrected chi connectivity index (χ1v) is 12.5. The Morgan fingerprint density at radius 2 is 1.94 bits per heavy atom. The monoisotopic (exact) mass is 476 g/mol. The van der Waals surface area contributed by atoms with Gasteiger partial charge in [-0.3, -0.25) is 14.2 Å². The number of carbonyl (C=O) groups excluding carboxylic acids is 1. The molecule has 0 unspecified atom stereocenters. The minimum atomic E-state index is -0.332. The van der Waals surface area contributed by atoms with Crippen molar-refractivity contribution >= 4 is 39.3 Å². The first kappa shape index (κ1) is 23.0. The van der Waals surface area contributed by atoms with E-state index in [1.807, 2.05) is 66.9 Å². The number of hydrogen-bond acceptors (Lipinski definition) is 6. The minimum absolute atomic E-state index is 0.0834. The summed E-state index contributed by atoms with van der Waals surface area (Å²) < 4.78 is 6.94. The minimum Gasteiger partial charge on any atom is -0.465 e. The number of carbonyl (C=O) groups is 1. The number of nitrogens with zero attached hydrogens (tertiary/aromatic N) is 2. The summed E-state index contributed by atoms with van der Waals surface area (Å²) in [4.78, 5) is 31.0. The molecule has 0 fully saturated rings. The van der Waals surface area contributed by atoms with E-state index in [1.165, 1.54) is 23.1 Å². The van der Waals surface area contributed by atoms with E-state index in [-0.39, 0.29) is 17.3 Å². The van der Waals surface area contributed by atoms with Crippen LogP contribution in [0.5, 0.6) is 0 Å². The molecule has 0 spiro atoms. The summed E-state index contributed by atoms with van der Waals surface area (Å²) >= 11 is 2.65. The highest BCUT2D eigenvalue weighted by atomic mass is 32.2. The molecule has 4 rings (SSSR count). The number of benzene rings is 2. The predicted octanol–water partition coefficient (Wildman–Crippen LogP) is 5.50. The molecule has 5 nitrogen and oxygen atoms in total. The third kappa shape index (κ3) is 5.43. The molecule has 7 heteroatoms. The zero-order chi connectivity index (χ0) is 23.2. The molecule has 33 heavy (non-hydrogen) atoms. The average molecular weight is 477 g/mol. The van der Waals surface area contributed by atoms with Gasteiger partial charge in [-0.1, -0.05) is 78.0 Å². The van der Waals surface area contributed by atoms with Crippen LogP contribution in [-0.4, -0.2) is 27.9 Å². The Morgan fingerprint density at radius 3 is 2.67 bits per heavy atom. The second-order valence-electron chi connectivity index (χ2n) is 7.54. The molecule has 4 aromatic rings. The summed E-state index contributed by atoms with van der Waals surface area (Å²) in [7, 11) is 0. The Hall–Kier alpha value is -3.16. The fraction of sp³-hybridized carbons (Fsp3) is 0.192. The molecular weight excluding hydrogens is 452 g/mol. The molecule has 2 aromatic heterocycles. The molecule has 0 saturated heterocycles.